The molecule has 3 aromatic carbocycles. The molecule has 0 radical (unpaired) electrons. The predicted molar refractivity (Wildman–Crippen MR) is 167 cm³/mol. The zero-order valence-corrected chi connectivity index (χ0v) is 25.1. The van der Waals surface area contributed by atoms with E-state index in [1.807, 2.05) is 42.5 Å². The highest BCUT2D eigenvalue weighted by Crippen LogP contribution is 2.27. The smallest absolute Gasteiger partial charge is 0.411 e. The average molecular weight is 588 g/mol. The maximum Gasteiger partial charge on any atom is 0.411 e. The molecule has 3 aromatic rings. The van der Waals surface area contributed by atoms with E-state index in [2.05, 4.69) is 42.3 Å². The highest BCUT2D eigenvalue weighted by atomic mass is 35.5. The first-order valence-corrected chi connectivity index (χ1v) is 15.2. The van der Waals surface area contributed by atoms with Gasteiger partial charge < -0.3 is 9.47 Å². The van der Waals surface area contributed by atoms with E-state index in [9.17, 15) is 9.59 Å². The maximum absolute atomic E-state index is 13.5. The van der Waals surface area contributed by atoms with Gasteiger partial charge in [0.2, 0.25) is 0 Å². The number of rotatable bonds is 9. The zero-order chi connectivity index (χ0) is 29.5. The van der Waals surface area contributed by atoms with Crippen molar-refractivity contribution < 1.29 is 19.1 Å². The first-order chi connectivity index (χ1) is 20.4. The van der Waals surface area contributed by atoms with Crippen molar-refractivity contribution in [2.75, 3.05) is 44.8 Å². The monoisotopic (exact) mass is 587 g/mol. The summed E-state index contributed by atoms with van der Waals surface area (Å²) in [5.41, 5.74) is 7.73. The van der Waals surface area contributed by atoms with Crippen LogP contribution in [-0.2, 0) is 40.0 Å². The fraction of sp³-hybridized carbons (Fsp3) is 0.382. The van der Waals surface area contributed by atoms with Crippen molar-refractivity contribution in [3.05, 3.63) is 99.1 Å². The van der Waals surface area contributed by atoms with E-state index in [1.165, 1.54) is 11.1 Å². The number of anilines is 1. The topological polar surface area (TPSA) is 80.2 Å². The molecule has 8 heteroatoms. The van der Waals surface area contributed by atoms with E-state index in [0.29, 0.717) is 49.9 Å². The van der Waals surface area contributed by atoms with Crippen LogP contribution in [0.15, 0.2) is 65.7 Å². The van der Waals surface area contributed by atoms with Gasteiger partial charge in [-0.3, -0.25) is 20.0 Å². The van der Waals surface area contributed by atoms with Gasteiger partial charge in [0.25, 0.3) is 0 Å². The van der Waals surface area contributed by atoms with Crippen LogP contribution in [-0.4, -0.2) is 68.0 Å². The quantitative estimate of drug-likeness (QED) is 0.336. The minimum absolute atomic E-state index is 0.0873. The second-order valence-electron chi connectivity index (χ2n) is 10.7. The lowest BCUT2D eigenvalue weighted by atomic mass is 9.94. The van der Waals surface area contributed by atoms with E-state index in [4.69, 9.17) is 26.1 Å². The summed E-state index contributed by atoms with van der Waals surface area (Å²) in [6.07, 6.45) is 2.29. The van der Waals surface area contributed by atoms with Crippen LogP contribution >= 0.6 is 11.6 Å². The Morgan fingerprint density at radius 1 is 1.02 bits per heavy atom. The van der Waals surface area contributed by atoms with Crippen LogP contribution < -0.4 is 5.32 Å². The van der Waals surface area contributed by atoms with Crippen LogP contribution in [0.5, 0.6) is 0 Å². The molecule has 5 rings (SSSR count). The Morgan fingerprint density at radius 3 is 2.52 bits per heavy atom. The Hall–Kier alpha value is -3.52. The molecule has 1 saturated heterocycles. The molecule has 7 nitrogen and oxygen atoms in total. The molecule has 0 saturated carbocycles. The van der Waals surface area contributed by atoms with Gasteiger partial charge in [-0.1, -0.05) is 61.8 Å². The fourth-order valence-corrected chi connectivity index (χ4v) is 5.75. The number of nitrogens with one attached hydrogen (secondary N) is 1. The molecule has 2 aliphatic rings. The highest BCUT2D eigenvalue weighted by molar-refractivity contribution is 6.31. The number of nitrogens with zero attached hydrogens (tertiary/aromatic N) is 2. The number of amides is 1. The standard InChI is InChI=1S/C34H38ClN3O4/c1-3-24-6-5-23(19-25(24)4-2)20-31-32(39)21-27-7-10-28(35)22-30(27)33(37-31)26-8-11-29(12-9-26)36-34(40)42-18-15-38-13-16-41-17-14-38/h5-12,19,22,31H,3-4,13-18,20-21H2,1-2H3,(H,36,40). The van der Waals surface area contributed by atoms with Crippen molar-refractivity contribution in [2.24, 2.45) is 4.99 Å². The molecule has 42 heavy (non-hydrogen) atoms. The molecule has 1 atom stereocenters. The van der Waals surface area contributed by atoms with Crippen molar-refractivity contribution in [3.8, 4) is 0 Å². The molecular formula is C34H38ClN3O4. The van der Waals surface area contributed by atoms with Gasteiger partial charge >= 0.3 is 6.09 Å². The van der Waals surface area contributed by atoms with Crippen LogP contribution in [0.3, 0.4) is 0 Å². The number of morpholine rings is 1. The molecule has 0 aliphatic carbocycles. The number of aryl methyl sites for hydroxylation is 2. The van der Waals surface area contributed by atoms with E-state index < -0.39 is 12.1 Å². The summed E-state index contributed by atoms with van der Waals surface area (Å²) in [5, 5.41) is 3.39. The van der Waals surface area contributed by atoms with E-state index in [0.717, 1.165) is 53.9 Å². The largest absolute Gasteiger partial charge is 0.448 e. The maximum atomic E-state index is 13.5. The van der Waals surface area contributed by atoms with Crippen LogP contribution in [0, 0.1) is 0 Å². The number of carbonyl (C=O) groups is 2. The van der Waals surface area contributed by atoms with Crippen molar-refractivity contribution in [1.82, 2.24) is 4.90 Å². The van der Waals surface area contributed by atoms with E-state index in [1.54, 1.807) is 0 Å². The number of ether oxygens (including phenoxy) is 2. The molecule has 220 valence electrons. The van der Waals surface area contributed by atoms with Gasteiger partial charge in [-0.05, 0) is 59.4 Å². The molecule has 1 fully saturated rings. The molecule has 0 bridgehead atoms. The lowest BCUT2D eigenvalue weighted by Gasteiger charge is -2.26. The fourth-order valence-electron chi connectivity index (χ4n) is 5.58. The summed E-state index contributed by atoms with van der Waals surface area (Å²) in [7, 11) is 0. The minimum Gasteiger partial charge on any atom is -0.448 e. The van der Waals surface area contributed by atoms with Crippen LogP contribution in [0.1, 0.15) is 47.2 Å². The average Bonchev–Trinajstić information content (AvgIpc) is 3.13. The highest BCUT2D eigenvalue weighted by Gasteiger charge is 2.27. The second kappa shape index (κ2) is 14.1. The van der Waals surface area contributed by atoms with Gasteiger partial charge in [0.15, 0.2) is 5.78 Å². The zero-order valence-electron chi connectivity index (χ0n) is 24.3. The third-order valence-electron chi connectivity index (χ3n) is 7.96. The molecular weight excluding hydrogens is 550 g/mol. The second-order valence-corrected chi connectivity index (χ2v) is 11.2. The summed E-state index contributed by atoms with van der Waals surface area (Å²) < 4.78 is 10.7. The first kappa shape index (κ1) is 30.0. The van der Waals surface area contributed by atoms with Crippen LogP contribution in [0.25, 0.3) is 0 Å². The van der Waals surface area contributed by atoms with Crippen molar-refractivity contribution in [3.63, 3.8) is 0 Å². The summed E-state index contributed by atoms with van der Waals surface area (Å²) in [6, 6.07) is 19.1. The minimum atomic E-state index is -0.511. The molecule has 1 amide bonds. The third-order valence-corrected chi connectivity index (χ3v) is 8.19. The number of benzene rings is 3. The lowest BCUT2D eigenvalue weighted by Crippen LogP contribution is -2.38. The Balaban J connectivity index is 1.34. The summed E-state index contributed by atoms with van der Waals surface area (Å²) in [5.74, 6) is 0.0873. The summed E-state index contributed by atoms with van der Waals surface area (Å²) in [6.45, 7) is 8.44. The van der Waals surface area contributed by atoms with E-state index in [-0.39, 0.29) is 5.78 Å². The van der Waals surface area contributed by atoms with E-state index >= 15 is 0 Å². The number of Topliss-reactive ketones (excluding diaryl/α,β-unsaturated/α-hetero) is 1. The number of halogens is 1. The Morgan fingerprint density at radius 2 is 1.79 bits per heavy atom. The molecule has 0 spiro atoms. The van der Waals surface area contributed by atoms with Gasteiger partial charge in [-0.25, -0.2) is 4.79 Å². The summed E-state index contributed by atoms with van der Waals surface area (Å²) >= 11 is 6.41. The van der Waals surface area contributed by atoms with Gasteiger partial charge in [0.1, 0.15) is 12.6 Å². The Bertz CT molecular complexity index is 1450. The van der Waals surface area contributed by atoms with Gasteiger partial charge in [-0.15, -0.1) is 0 Å². The molecule has 2 aliphatic heterocycles. The van der Waals surface area contributed by atoms with Crippen molar-refractivity contribution in [2.45, 2.75) is 45.6 Å². The van der Waals surface area contributed by atoms with Crippen molar-refractivity contribution >= 4 is 34.9 Å². The molecule has 2 heterocycles. The predicted octanol–water partition coefficient (Wildman–Crippen LogP) is 5.92. The number of fused-ring (bicyclic) bond motifs is 1. The Kier molecular flexibility index (Phi) is 10.1. The number of aliphatic imine (C=N–C) groups is 1. The lowest BCUT2D eigenvalue weighted by molar-refractivity contribution is -0.119. The summed E-state index contributed by atoms with van der Waals surface area (Å²) in [4.78, 5) is 33.1. The van der Waals surface area contributed by atoms with Gasteiger partial charge in [-0.2, -0.15) is 0 Å². The molecule has 0 aromatic heterocycles. The number of hydrogen-bond acceptors (Lipinski definition) is 6. The van der Waals surface area contributed by atoms with Gasteiger partial charge in [0, 0.05) is 54.3 Å². The number of carbonyl (C=O) groups excluding carboxylic acids is 2. The SMILES string of the molecule is CCc1ccc(CC2N=C(c3ccc(NC(=O)OCCN4CCOCC4)cc3)c3cc(Cl)ccc3CC2=O)cc1CC. The number of hydrogen-bond donors (Lipinski definition) is 1. The third kappa shape index (κ3) is 7.46. The molecule has 1 N–H and O–H groups in total. The number of ketones is 1. The Labute approximate surface area is 252 Å². The van der Waals surface area contributed by atoms with Crippen LogP contribution in [0.2, 0.25) is 5.02 Å². The van der Waals surface area contributed by atoms with Crippen LogP contribution in [0.4, 0.5) is 10.5 Å². The first-order valence-electron chi connectivity index (χ1n) is 14.8. The van der Waals surface area contributed by atoms with Crippen molar-refractivity contribution in [1.29, 1.82) is 0 Å². The normalized spacial score (nSPS) is 17.3. The molecule has 1 unspecified atom stereocenters. The van der Waals surface area contributed by atoms with Gasteiger partial charge in [0.05, 0.1) is 18.9 Å².